The molecule has 0 aliphatic heterocycles. The number of benzene rings is 1. The van der Waals surface area contributed by atoms with Gasteiger partial charge in [0.2, 0.25) is 17.7 Å². The van der Waals surface area contributed by atoms with Crippen molar-refractivity contribution in [2.75, 3.05) is 0 Å². The van der Waals surface area contributed by atoms with Crippen LogP contribution >= 0.6 is 0 Å². The molecule has 0 radical (unpaired) electrons. The van der Waals surface area contributed by atoms with E-state index in [0.29, 0.717) is 12.8 Å². The molecule has 1 heterocycles. The minimum Gasteiger partial charge on any atom is -0.480 e. The molecule has 1 aromatic carbocycles. The number of carbonyl (C=O) groups excluding carboxylic acids is 3. The molecule has 3 amide bonds. The summed E-state index contributed by atoms with van der Waals surface area (Å²) >= 11 is 0. The van der Waals surface area contributed by atoms with Crippen molar-refractivity contribution in [3.05, 3.63) is 36.0 Å². The molecule has 7 N–H and O–H groups in total. The number of H-pyrrole nitrogens is 1. The maximum Gasteiger partial charge on any atom is 0.326 e. The highest BCUT2D eigenvalue weighted by molar-refractivity contribution is 5.94. The highest BCUT2D eigenvalue weighted by atomic mass is 16.4. The zero-order chi connectivity index (χ0) is 28.6. The molecule has 210 valence electrons. The van der Waals surface area contributed by atoms with Crippen LogP contribution in [-0.2, 0) is 25.6 Å². The molecule has 2 aromatic rings. The fourth-order valence-electron chi connectivity index (χ4n) is 4.25. The number of fused-ring (bicyclic) bond motifs is 1. The predicted molar refractivity (Wildman–Crippen MR) is 147 cm³/mol. The van der Waals surface area contributed by atoms with Crippen molar-refractivity contribution in [2.45, 2.75) is 85.0 Å². The van der Waals surface area contributed by atoms with Crippen molar-refractivity contribution < 1.29 is 24.3 Å². The van der Waals surface area contributed by atoms with Gasteiger partial charge < -0.3 is 31.8 Å². The molecule has 0 aliphatic carbocycles. The molecule has 0 bridgehead atoms. The second kappa shape index (κ2) is 13.9. The first-order valence-electron chi connectivity index (χ1n) is 13.3. The molecule has 2 rings (SSSR count). The third-order valence-corrected chi connectivity index (χ3v) is 6.86. The summed E-state index contributed by atoms with van der Waals surface area (Å²) in [7, 11) is 0. The molecule has 1 aromatic heterocycles. The molecular formula is C28H43N5O5. The average molecular weight is 530 g/mol. The molecule has 0 fully saturated rings. The SMILES string of the molecule is CCC(C)C(N)C(=O)NC(CC(C)C)C(=O)NC(C(=O)NC(Cc1c[nH]c2ccccc12)C(=O)O)C(C)C. The maximum atomic E-state index is 13.3. The molecule has 10 nitrogen and oxygen atoms in total. The third-order valence-electron chi connectivity index (χ3n) is 6.86. The summed E-state index contributed by atoms with van der Waals surface area (Å²) in [6.07, 6.45) is 2.88. The number of hydrogen-bond acceptors (Lipinski definition) is 5. The number of carboxylic acid groups (broad SMARTS) is 1. The summed E-state index contributed by atoms with van der Waals surface area (Å²) in [6.45, 7) is 11.2. The number of carboxylic acids is 1. The number of aliphatic carboxylic acids is 1. The zero-order valence-electron chi connectivity index (χ0n) is 23.2. The van der Waals surface area contributed by atoms with Crippen LogP contribution < -0.4 is 21.7 Å². The first kappa shape index (κ1) is 30.8. The molecule has 0 aliphatic rings. The van der Waals surface area contributed by atoms with E-state index >= 15 is 0 Å². The number of hydrogen-bond donors (Lipinski definition) is 6. The van der Waals surface area contributed by atoms with Gasteiger partial charge in [0.05, 0.1) is 6.04 Å². The van der Waals surface area contributed by atoms with E-state index < -0.39 is 47.9 Å². The first-order chi connectivity index (χ1) is 17.8. The lowest BCUT2D eigenvalue weighted by atomic mass is 9.97. The van der Waals surface area contributed by atoms with E-state index in [2.05, 4.69) is 20.9 Å². The van der Waals surface area contributed by atoms with Crippen LogP contribution in [0.2, 0.25) is 0 Å². The minimum absolute atomic E-state index is 0.0583. The summed E-state index contributed by atoms with van der Waals surface area (Å²) < 4.78 is 0. The van der Waals surface area contributed by atoms with Crippen molar-refractivity contribution in [2.24, 2.45) is 23.5 Å². The van der Waals surface area contributed by atoms with Crippen molar-refractivity contribution in [3.8, 4) is 0 Å². The van der Waals surface area contributed by atoms with E-state index in [1.807, 2.05) is 52.0 Å². The van der Waals surface area contributed by atoms with Crippen molar-refractivity contribution in [1.29, 1.82) is 0 Å². The number of aromatic nitrogens is 1. The van der Waals surface area contributed by atoms with Gasteiger partial charge in [-0.25, -0.2) is 4.79 Å². The number of aromatic amines is 1. The lowest BCUT2D eigenvalue weighted by molar-refractivity contribution is -0.142. The Balaban J connectivity index is 2.16. The monoisotopic (exact) mass is 529 g/mol. The normalized spacial score (nSPS) is 15.5. The Morgan fingerprint density at radius 1 is 0.921 bits per heavy atom. The van der Waals surface area contributed by atoms with Crippen molar-refractivity contribution in [1.82, 2.24) is 20.9 Å². The lowest BCUT2D eigenvalue weighted by Gasteiger charge is -2.28. The zero-order valence-corrected chi connectivity index (χ0v) is 23.2. The Hall–Kier alpha value is -3.40. The summed E-state index contributed by atoms with van der Waals surface area (Å²) in [4.78, 5) is 54.3. The van der Waals surface area contributed by atoms with Gasteiger partial charge in [0.15, 0.2) is 0 Å². The van der Waals surface area contributed by atoms with E-state index in [1.165, 1.54) is 0 Å². The van der Waals surface area contributed by atoms with Crippen LogP contribution in [0.25, 0.3) is 10.9 Å². The van der Waals surface area contributed by atoms with Crippen LogP contribution in [0.4, 0.5) is 0 Å². The van der Waals surface area contributed by atoms with Crippen LogP contribution in [-0.4, -0.2) is 57.9 Å². The van der Waals surface area contributed by atoms with Gasteiger partial charge in [0.1, 0.15) is 18.1 Å². The number of carbonyl (C=O) groups is 4. The maximum absolute atomic E-state index is 13.3. The largest absolute Gasteiger partial charge is 0.480 e. The van der Waals surface area contributed by atoms with Crippen LogP contribution in [0.5, 0.6) is 0 Å². The fraction of sp³-hybridized carbons (Fsp3) is 0.571. The number of nitrogens with one attached hydrogen (secondary N) is 4. The first-order valence-corrected chi connectivity index (χ1v) is 13.3. The van der Waals surface area contributed by atoms with Crippen LogP contribution in [0, 0.1) is 17.8 Å². The van der Waals surface area contributed by atoms with Crippen molar-refractivity contribution in [3.63, 3.8) is 0 Å². The van der Waals surface area contributed by atoms with Gasteiger partial charge in [0, 0.05) is 23.5 Å². The second-order valence-corrected chi connectivity index (χ2v) is 10.8. The van der Waals surface area contributed by atoms with Crippen LogP contribution in [0.1, 0.15) is 59.9 Å². The minimum atomic E-state index is -1.19. The molecule has 5 atom stereocenters. The van der Waals surface area contributed by atoms with Gasteiger partial charge in [-0.1, -0.05) is 66.2 Å². The summed E-state index contributed by atoms with van der Waals surface area (Å²) in [5, 5.41) is 18.8. The van der Waals surface area contributed by atoms with E-state index in [1.54, 1.807) is 20.0 Å². The second-order valence-electron chi connectivity index (χ2n) is 10.8. The van der Waals surface area contributed by atoms with Crippen LogP contribution in [0.3, 0.4) is 0 Å². The smallest absolute Gasteiger partial charge is 0.326 e. The van der Waals surface area contributed by atoms with Gasteiger partial charge in [-0.05, 0) is 35.8 Å². The van der Waals surface area contributed by atoms with Gasteiger partial charge in [-0.3, -0.25) is 14.4 Å². The molecule has 0 spiro atoms. The Kier molecular flexibility index (Phi) is 11.3. The number of rotatable bonds is 14. The number of para-hydroxylation sites is 1. The summed E-state index contributed by atoms with van der Waals surface area (Å²) in [5.41, 5.74) is 7.69. The highest BCUT2D eigenvalue weighted by Gasteiger charge is 2.33. The Morgan fingerprint density at radius 3 is 2.13 bits per heavy atom. The standard InChI is InChI=1S/C28H43N5O5/c1-7-17(6)23(29)26(35)31-21(12-15(2)3)25(34)33-24(16(4)5)27(36)32-22(28(37)38)13-18-14-30-20-11-9-8-10-19(18)20/h8-11,14-17,21-24,30H,7,12-13,29H2,1-6H3,(H,31,35)(H,32,36)(H,33,34)(H,37,38). The van der Waals surface area contributed by atoms with Gasteiger partial charge in [-0.15, -0.1) is 0 Å². The van der Waals surface area contributed by atoms with E-state index in [0.717, 1.165) is 16.5 Å². The molecule has 0 saturated carbocycles. The molecule has 5 unspecified atom stereocenters. The summed E-state index contributed by atoms with van der Waals surface area (Å²) in [5.74, 6) is -3.02. The quantitative estimate of drug-likeness (QED) is 0.220. The van der Waals surface area contributed by atoms with E-state index in [4.69, 9.17) is 5.73 Å². The number of amides is 3. The van der Waals surface area contributed by atoms with Gasteiger partial charge >= 0.3 is 5.97 Å². The van der Waals surface area contributed by atoms with Crippen LogP contribution in [0.15, 0.2) is 30.5 Å². The van der Waals surface area contributed by atoms with Gasteiger partial charge in [0.25, 0.3) is 0 Å². The third kappa shape index (κ3) is 8.31. The van der Waals surface area contributed by atoms with E-state index in [9.17, 15) is 24.3 Å². The highest BCUT2D eigenvalue weighted by Crippen LogP contribution is 2.19. The van der Waals surface area contributed by atoms with Crippen molar-refractivity contribution >= 4 is 34.6 Å². The predicted octanol–water partition coefficient (Wildman–Crippen LogP) is 2.32. The molecule has 38 heavy (non-hydrogen) atoms. The molecular weight excluding hydrogens is 486 g/mol. The lowest BCUT2D eigenvalue weighted by Crippen LogP contribution is -2.59. The Labute approximate surface area is 224 Å². The fourth-order valence-corrected chi connectivity index (χ4v) is 4.25. The topological polar surface area (TPSA) is 166 Å². The molecule has 10 heteroatoms. The molecule has 0 saturated heterocycles. The number of nitrogens with two attached hydrogens (primary N) is 1. The summed E-state index contributed by atoms with van der Waals surface area (Å²) in [6, 6.07) is 3.68. The van der Waals surface area contributed by atoms with E-state index in [-0.39, 0.29) is 24.2 Å². The Bertz CT molecular complexity index is 1110. The Morgan fingerprint density at radius 2 is 1.55 bits per heavy atom. The average Bonchev–Trinajstić information content (AvgIpc) is 3.27. The van der Waals surface area contributed by atoms with Gasteiger partial charge in [-0.2, -0.15) is 0 Å².